The van der Waals surface area contributed by atoms with Crippen LogP contribution in [0.25, 0.3) is 11.1 Å². The first kappa shape index (κ1) is 43.1. The molecule has 42 heavy (non-hydrogen) atoms. The number of allylic oxidation sites excluding steroid dienone is 2. The van der Waals surface area contributed by atoms with Gasteiger partial charge in [-0.25, -0.2) is 4.39 Å². The summed E-state index contributed by atoms with van der Waals surface area (Å²) in [5, 5.41) is 11.5. The summed E-state index contributed by atoms with van der Waals surface area (Å²) in [6.45, 7) is 26.8. The number of Topliss-reactive ketones (excluding diaryl/α,β-unsaturated/α-hetero) is 1. The molecule has 0 atom stereocenters. The SMILES string of the molecule is C=C/C(F)=C\N=C(C)C.C=Nc1cc(-c2ccc(C(C)=O)cc2)ccc1NC(CCC)CCC.CC.CC.CCCO. The molecule has 0 bridgehead atoms. The van der Waals surface area contributed by atoms with Gasteiger partial charge in [-0.2, -0.15) is 0 Å². The van der Waals surface area contributed by atoms with Crippen molar-refractivity contribution >= 4 is 29.6 Å². The molecule has 2 rings (SSSR count). The predicted octanol–water partition coefficient (Wildman–Crippen LogP) is 11.2. The monoisotopic (exact) mass is 583 g/mol. The number of rotatable bonds is 12. The molecule has 0 amide bonds. The van der Waals surface area contributed by atoms with Gasteiger partial charge in [0.15, 0.2) is 5.78 Å². The topological polar surface area (TPSA) is 74.0 Å². The van der Waals surface area contributed by atoms with Crippen molar-refractivity contribution in [3.63, 3.8) is 0 Å². The summed E-state index contributed by atoms with van der Waals surface area (Å²) in [6.07, 6.45) is 7.76. The molecule has 0 aliphatic carbocycles. The molecule has 2 aromatic carbocycles. The fourth-order valence-electron chi connectivity index (χ4n) is 3.31. The molecule has 0 aliphatic rings. The van der Waals surface area contributed by atoms with Crippen LogP contribution < -0.4 is 5.32 Å². The number of carbonyl (C=O) groups excluding carboxylic acids is 1. The Kier molecular flexibility index (Phi) is 29.9. The summed E-state index contributed by atoms with van der Waals surface area (Å²) in [6, 6.07) is 14.4. The minimum absolute atomic E-state index is 0.0810. The molecule has 0 radical (unpaired) electrons. The first-order valence-electron chi connectivity index (χ1n) is 15.3. The Morgan fingerprint density at radius 2 is 1.43 bits per heavy atom. The molecule has 0 heterocycles. The van der Waals surface area contributed by atoms with Crippen molar-refractivity contribution in [2.24, 2.45) is 9.98 Å². The second-order valence-electron chi connectivity index (χ2n) is 8.96. The first-order valence-corrected chi connectivity index (χ1v) is 15.3. The van der Waals surface area contributed by atoms with Crippen LogP contribution in [0.4, 0.5) is 15.8 Å². The molecule has 0 fully saturated rings. The lowest BCUT2D eigenvalue weighted by atomic mass is 10.0. The summed E-state index contributed by atoms with van der Waals surface area (Å²) in [4.78, 5) is 19.3. The molecule has 0 saturated heterocycles. The molecule has 6 heteroatoms. The Balaban J connectivity index is -0.000000741. The maximum atomic E-state index is 12.1. The Hall–Kier alpha value is -3.38. The van der Waals surface area contributed by atoms with Crippen molar-refractivity contribution in [2.45, 2.75) is 107 Å². The number of aliphatic hydroxyl groups is 1. The number of hydrogen-bond acceptors (Lipinski definition) is 5. The van der Waals surface area contributed by atoms with Gasteiger partial charge in [-0.1, -0.05) is 98.2 Å². The highest BCUT2D eigenvalue weighted by molar-refractivity contribution is 5.94. The molecular weight excluding hydrogens is 525 g/mol. The maximum absolute atomic E-state index is 12.1. The molecule has 0 aliphatic heterocycles. The van der Waals surface area contributed by atoms with Gasteiger partial charge in [0.25, 0.3) is 0 Å². The predicted molar refractivity (Wildman–Crippen MR) is 187 cm³/mol. The van der Waals surface area contributed by atoms with Crippen LogP contribution in [0.5, 0.6) is 0 Å². The Morgan fingerprint density at radius 1 is 0.929 bits per heavy atom. The van der Waals surface area contributed by atoms with Gasteiger partial charge in [-0.15, -0.1) is 0 Å². The number of carbonyl (C=O) groups is 1. The Bertz CT molecular complexity index is 1030. The van der Waals surface area contributed by atoms with Crippen molar-refractivity contribution in [1.29, 1.82) is 0 Å². The second kappa shape index (κ2) is 29.1. The van der Waals surface area contributed by atoms with Crippen LogP contribution in [0.15, 0.2) is 77.1 Å². The minimum Gasteiger partial charge on any atom is -0.396 e. The third-order valence-corrected chi connectivity index (χ3v) is 5.29. The number of halogens is 1. The van der Waals surface area contributed by atoms with Crippen molar-refractivity contribution in [3.8, 4) is 11.1 Å². The molecule has 5 nitrogen and oxygen atoms in total. The summed E-state index contributed by atoms with van der Waals surface area (Å²) >= 11 is 0. The van der Waals surface area contributed by atoms with E-state index in [4.69, 9.17) is 5.11 Å². The van der Waals surface area contributed by atoms with E-state index in [1.165, 1.54) is 0 Å². The highest BCUT2D eigenvalue weighted by atomic mass is 19.1. The van der Waals surface area contributed by atoms with E-state index < -0.39 is 5.83 Å². The van der Waals surface area contributed by atoms with Crippen molar-refractivity contribution < 1.29 is 14.3 Å². The lowest BCUT2D eigenvalue weighted by Gasteiger charge is -2.20. The number of anilines is 1. The van der Waals surface area contributed by atoms with Crippen LogP contribution in [-0.4, -0.2) is 36.0 Å². The fourth-order valence-corrected chi connectivity index (χ4v) is 3.31. The number of ketones is 1. The third-order valence-electron chi connectivity index (χ3n) is 5.29. The van der Waals surface area contributed by atoms with Crippen LogP contribution in [0.3, 0.4) is 0 Å². The van der Waals surface area contributed by atoms with Crippen molar-refractivity contribution in [3.05, 3.63) is 72.7 Å². The number of nitrogens with one attached hydrogen (secondary N) is 1. The number of nitrogens with zero attached hydrogens (tertiary/aromatic N) is 2. The smallest absolute Gasteiger partial charge is 0.159 e. The highest BCUT2D eigenvalue weighted by Gasteiger charge is 2.10. The summed E-state index contributed by atoms with van der Waals surface area (Å²) in [5.41, 5.74) is 5.60. The molecule has 0 saturated carbocycles. The normalized spacial score (nSPS) is 9.69. The molecule has 236 valence electrons. The highest BCUT2D eigenvalue weighted by Crippen LogP contribution is 2.32. The van der Waals surface area contributed by atoms with Gasteiger partial charge in [-0.05, 0) is 76.1 Å². The van der Waals surface area contributed by atoms with E-state index >= 15 is 0 Å². The number of hydrogen-bond donors (Lipinski definition) is 2. The van der Waals surface area contributed by atoms with Gasteiger partial charge < -0.3 is 10.4 Å². The average molecular weight is 584 g/mol. The molecule has 0 spiro atoms. The molecule has 0 unspecified atom stereocenters. The van der Waals surface area contributed by atoms with Crippen LogP contribution in [-0.2, 0) is 0 Å². The van der Waals surface area contributed by atoms with E-state index in [2.05, 4.69) is 54.6 Å². The van der Waals surface area contributed by atoms with Gasteiger partial charge in [0.1, 0.15) is 5.83 Å². The molecule has 0 aromatic heterocycles. The number of aliphatic hydroxyl groups excluding tert-OH is 1. The van der Waals surface area contributed by atoms with Gasteiger partial charge in [0, 0.05) is 23.9 Å². The quantitative estimate of drug-likeness (QED) is 0.148. The third kappa shape index (κ3) is 20.5. The number of aliphatic imine (C=N–C) groups is 2. The van der Waals surface area contributed by atoms with Crippen molar-refractivity contribution in [2.75, 3.05) is 11.9 Å². The van der Waals surface area contributed by atoms with E-state index in [1.807, 2.05) is 65.0 Å². The first-order chi connectivity index (χ1) is 20.2. The Morgan fingerprint density at radius 3 is 1.81 bits per heavy atom. The zero-order chi connectivity index (χ0) is 32.9. The Labute approximate surface area is 256 Å². The summed E-state index contributed by atoms with van der Waals surface area (Å²) in [5.74, 6) is -0.325. The molecule has 2 N–H and O–H groups in total. The van der Waals surface area contributed by atoms with Gasteiger partial charge in [0.2, 0.25) is 0 Å². The zero-order valence-electron chi connectivity index (χ0n) is 28.1. The number of benzene rings is 2. The second-order valence-corrected chi connectivity index (χ2v) is 8.96. The van der Waals surface area contributed by atoms with Crippen LogP contribution in [0.1, 0.15) is 112 Å². The largest absolute Gasteiger partial charge is 0.396 e. The van der Waals surface area contributed by atoms with E-state index in [-0.39, 0.29) is 5.78 Å². The van der Waals surface area contributed by atoms with Crippen LogP contribution in [0.2, 0.25) is 0 Å². The lowest BCUT2D eigenvalue weighted by molar-refractivity contribution is 0.101. The molecule has 2 aromatic rings. The fraction of sp³-hybridized carbons (Fsp3) is 0.472. The minimum atomic E-state index is -0.406. The van der Waals surface area contributed by atoms with E-state index in [0.717, 1.165) is 78.2 Å². The van der Waals surface area contributed by atoms with Crippen LogP contribution >= 0.6 is 0 Å². The average Bonchev–Trinajstić information content (AvgIpc) is 3.02. The lowest BCUT2D eigenvalue weighted by Crippen LogP contribution is -2.18. The van der Waals surface area contributed by atoms with E-state index in [0.29, 0.717) is 12.6 Å². The molecular formula is C36H58FN3O2. The standard InChI is InChI=1S/C22H28N2O.C7H10FN.C3H8O.2C2H6/c1-5-7-20(8-6-2)24-21-14-13-19(15-22(21)23-4)18-11-9-17(10-12-18)16(3)25;1-4-7(8)5-9-6(2)3;1-2-3-4;2*1-2/h9-15,20,24H,4-8H2,1-3H3;4-5H,1H2,2-3H3;4H,2-3H2,1H3;2*1-2H3/b;7-5+;;;. The van der Waals surface area contributed by atoms with Gasteiger partial charge >= 0.3 is 0 Å². The summed E-state index contributed by atoms with van der Waals surface area (Å²) in [7, 11) is 0. The van der Waals surface area contributed by atoms with Crippen molar-refractivity contribution in [1.82, 2.24) is 0 Å². The van der Waals surface area contributed by atoms with Gasteiger partial charge in [0.05, 0.1) is 17.6 Å². The van der Waals surface area contributed by atoms with Gasteiger partial charge in [-0.3, -0.25) is 14.8 Å². The van der Waals surface area contributed by atoms with E-state index in [1.54, 1.807) is 20.8 Å². The summed E-state index contributed by atoms with van der Waals surface area (Å²) < 4.78 is 12.1. The van der Waals surface area contributed by atoms with Crippen LogP contribution in [0, 0.1) is 0 Å². The van der Waals surface area contributed by atoms with E-state index in [9.17, 15) is 9.18 Å². The maximum Gasteiger partial charge on any atom is 0.159 e. The zero-order valence-corrected chi connectivity index (χ0v) is 28.1.